The molecule has 1 saturated heterocycles. The molecule has 2 N–H and O–H groups in total. The van der Waals surface area contributed by atoms with Crippen molar-refractivity contribution in [3.63, 3.8) is 0 Å². The van der Waals surface area contributed by atoms with E-state index in [1.165, 1.54) is 38.5 Å². The SMILES string of the molecule is OCCCC1CC2CCCCC2N1. The van der Waals surface area contributed by atoms with Crippen LogP contribution in [-0.4, -0.2) is 23.8 Å². The molecule has 0 aromatic carbocycles. The first-order valence-corrected chi connectivity index (χ1v) is 5.77. The Bertz CT molecular complexity index is 146. The molecule has 0 radical (unpaired) electrons. The van der Waals surface area contributed by atoms with Crippen molar-refractivity contribution in [2.75, 3.05) is 6.61 Å². The number of aliphatic hydroxyl groups is 1. The molecule has 1 aliphatic heterocycles. The van der Waals surface area contributed by atoms with E-state index in [9.17, 15) is 0 Å². The third kappa shape index (κ3) is 2.23. The molecular formula is C11H21NO. The van der Waals surface area contributed by atoms with Gasteiger partial charge in [-0.05, 0) is 38.0 Å². The standard InChI is InChI=1S/C11H21NO/c13-7-3-5-10-8-9-4-1-2-6-11(9)12-10/h9-13H,1-8H2. The van der Waals surface area contributed by atoms with Gasteiger partial charge in [0.15, 0.2) is 0 Å². The fourth-order valence-corrected chi connectivity index (χ4v) is 2.98. The zero-order valence-corrected chi connectivity index (χ0v) is 8.34. The lowest BCUT2D eigenvalue weighted by Gasteiger charge is -2.24. The van der Waals surface area contributed by atoms with Gasteiger partial charge in [-0.25, -0.2) is 0 Å². The molecule has 76 valence electrons. The van der Waals surface area contributed by atoms with E-state index in [2.05, 4.69) is 5.32 Å². The molecule has 2 aliphatic rings. The zero-order chi connectivity index (χ0) is 9.10. The Labute approximate surface area is 80.7 Å². The topological polar surface area (TPSA) is 32.3 Å². The van der Waals surface area contributed by atoms with Crippen molar-refractivity contribution < 1.29 is 5.11 Å². The molecular weight excluding hydrogens is 162 g/mol. The minimum atomic E-state index is 0.355. The van der Waals surface area contributed by atoms with Crippen molar-refractivity contribution in [1.82, 2.24) is 5.32 Å². The molecule has 1 saturated carbocycles. The summed E-state index contributed by atoms with van der Waals surface area (Å²) in [6.45, 7) is 0.355. The molecule has 2 nitrogen and oxygen atoms in total. The van der Waals surface area contributed by atoms with Gasteiger partial charge < -0.3 is 10.4 Å². The van der Waals surface area contributed by atoms with Gasteiger partial charge in [-0.2, -0.15) is 0 Å². The van der Waals surface area contributed by atoms with Crippen LogP contribution >= 0.6 is 0 Å². The molecule has 0 spiro atoms. The van der Waals surface area contributed by atoms with Crippen LogP contribution in [0.15, 0.2) is 0 Å². The third-order valence-electron chi connectivity index (χ3n) is 3.66. The molecule has 2 heteroatoms. The van der Waals surface area contributed by atoms with Crippen LogP contribution < -0.4 is 5.32 Å². The summed E-state index contributed by atoms with van der Waals surface area (Å²) >= 11 is 0. The molecule has 2 fully saturated rings. The summed E-state index contributed by atoms with van der Waals surface area (Å²) in [7, 11) is 0. The van der Waals surface area contributed by atoms with Crippen molar-refractivity contribution in [3.05, 3.63) is 0 Å². The van der Waals surface area contributed by atoms with Gasteiger partial charge in [0.05, 0.1) is 0 Å². The largest absolute Gasteiger partial charge is 0.396 e. The van der Waals surface area contributed by atoms with Crippen LogP contribution in [0, 0.1) is 5.92 Å². The summed E-state index contributed by atoms with van der Waals surface area (Å²) in [4.78, 5) is 0. The second-order valence-corrected chi connectivity index (χ2v) is 4.62. The second kappa shape index (κ2) is 4.43. The Hall–Kier alpha value is -0.0800. The molecule has 3 unspecified atom stereocenters. The van der Waals surface area contributed by atoms with Gasteiger partial charge in [0.25, 0.3) is 0 Å². The number of aliphatic hydroxyl groups excluding tert-OH is 1. The van der Waals surface area contributed by atoms with E-state index in [-0.39, 0.29) is 0 Å². The van der Waals surface area contributed by atoms with Gasteiger partial charge in [0, 0.05) is 18.7 Å². The van der Waals surface area contributed by atoms with Crippen LogP contribution in [0.3, 0.4) is 0 Å². The lowest BCUT2D eigenvalue weighted by Crippen LogP contribution is -2.33. The van der Waals surface area contributed by atoms with E-state index in [0.29, 0.717) is 12.6 Å². The molecule has 3 atom stereocenters. The van der Waals surface area contributed by atoms with Crippen molar-refractivity contribution in [2.45, 2.75) is 57.0 Å². The van der Waals surface area contributed by atoms with E-state index in [0.717, 1.165) is 18.4 Å². The van der Waals surface area contributed by atoms with Crippen LogP contribution in [0.4, 0.5) is 0 Å². The van der Waals surface area contributed by atoms with Crippen LogP contribution in [0.1, 0.15) is 44.9 Å². The van der Waals surface area contributed by atoms with Gasteiger partial charge in [-0.3, -0.25) is 0 Å². The first kappa shape index (κ1) is 9.47. The predicted molar refractivity (Wildman–Crippen MR) is 53.6 cm³/mol. The highest BCUT2D eigenvalue weighted by Gasteiger charge is 2.34. The van der Waals surface area contributed by atoms with Crippen LogP contribution in [0.25, 0.3) is 0 Å². The van der Waals surface area contributed by atoms with Crippen molar-refractivity contribution in [1.29, 1.82) is 0 Å². The summed E-state index contributed by atoms with van der Waals surface area (Å²) in [5.41, 5.74) is 0. The Morgan fingerprint density at radius 3 is 2.85 bits per heavy atom. The number of rotatable bonds is 3. The minimum Gasteiger partial charge on any atom is -0.396 e. The number of fused-ring (bicyclic) bond motifs is 1. The third-order valence-corrected chi connectivity index (χ3v) is 3.66. The zero-order valence-electron chi connectivity index (χ0n) is 8.34. The first-order valence-electron chi connectivity index (χ1n) is 5.77. The molecule has 2 rings (SSSR count). The van der Waals surface area contributed by atoms with Crippen molar-refractivity contribution >= 4 is 0 Å². The van der Waals surface area contributed by atoms with E-state index in [4.69, 9.17) is 5.11 Å². The Morgan fingerprint density at radius 1 is 1.23 bits per heavy atom. The summed E-state index contributed by atoms with van der Waals surface area (Å²) in [5.74, 6) is 0.956. The molecule has 1 heterocycles. The summed E-state index contributed by atoms with van der Waals surface area (Å²) in [6.07, 6.45) is 9.19. The van der Waals surface area contributed by atoms with E-state index < -0.39 is 0 Å². The smallest absolute Gasteiger partial charge is 0.0431 e. The van der Waals surface area contributed by atoms with Gasteiger partial charge in [0.2, 0.25) is 0 Å². The molecule has 0 bridgehead atoms. The highest BCUT2D eigenvalue weighted by Crippen LogP contribution is 2.34. The highest BCUT2D eigenvalue weighted by atomic mass is 16.2. The second-order valence-electron chi connectivity index (χ2n) is 4.62. The maximum atomic E-state index is 8.76. The van der Waals surface area contributed by atoms with E-state index in [1.807, 2.05) is 0 Å². The lowest BCUT2D eigenvalue weighted by atomic mass is 9.85. The Morgan fingerprint density at radius 2 is 2.08 bits per heavy atom. The summed E-state index contributed by atoms with van der Waals surface area (Å²) < 4.78 is 0. The fraction of sp³-hybridized carbons (Fsp3) is 1.00. The minimum absolute atomic E-state index is 0.355. The average Bonchev–Trinajstić information content (AvgIpc) is 2.57. The van der Waals surface area contributed by atoms with Crippen molar-refractivity contribution in [3.8, 4) is 0 Å². The van der Waals surface area contributed by atoms with Crippen LogP contribution in [0.2, 0.25) is 0 Å². The first-order chi connectivity index (χ1) is 6.40. The molecule has 0 aromatic rings. The van der Waals surface area contributed by atoms with Crippen molar-refractivity contribution in [2.24, 2.45) is 5.92 Å². The lowest BCUT2D eigenvalue weighted by molar-refractivity contribution is 0.276. The summed E-state index contributed by atoms with van der Waals surface area (Å²) in [6, 6.07) is 1.53. The van der Waals surface area contributed by atoms with Gasteiger partial charge >= 0.3 is 0 Å². The summed E-state index contributed by atoms with van der Waals surface area (Å²) in [5, 5.41) is 12.5. The molecule has 13 heavy (non-hydrogen) atoms. The Kier molecular flexibility index (Phi) is 3.23. The number of hydrogen-bond acceptors (Lipinski definition) is 2. The quantitative estimate of drug-likeness (QED) is 0.697. The predicted octanol–water partition coefficient (Wildman–Crippen LogP) is 1.68. The van der Waals surface area contributed by atoms with Crippen LogP contribution in [0.5, 0.6) is 0 Å². The highest BCUT2D eigenvalue weighted by molar-refractivity contribution is 4.92. The number of nitrogens with one attached hydrogen (secondary N) is 1. The monoisotopic (exact) mass is 183 g/mol. The normalized spacial score (nSPS) is 39.0. The van der Waals surface area contributed by atoms with Crippen LogP contribution in [-0.2, 0) is 0 Å². The van der Waals surface area contributed by atoms with E-state index >= 15 is 0 Å². The molecule has 0 amide bonds. The maximum absolute atomic E-state index is 8.76. The molecule has 1 aliphatic carbocycles. The number of hydrogen-bond donors (Lipinski definition) is 2. The fourth-order valence-electron chi connectivity index (χ4n) is 2.98. The Balaban J connectivity index is 1.77. The molecule has 0 aromatic heterocycles. The van der Waals surface area contributed by atoms with Gasteiger partial charge in [-0.1, -0.05) is 12.8 Å². The van der Waals surface area contributed by atoms with E-state index in [1.54, 1.807) is 0 Å². The van der Waals surface area contributed by atoms with Gasteiger partial charge in [0.1, 0.15) is 0 Å². The van der Waals surface area contributed by atoms with Gasteiger partial charge in [-0.15, -0.1) is 0 Å². The average molecular weight is 183 g/mol. The maximum Gasteiger partial charge on any atom is 0.0431 e.